The van der Waals surface area contributed by atoms with Crippen molar-refractivity contribution in [1.82, 2.24) is 10.2 Å². The van der Waals surface area contributed by atoms with Gasteiger partial charge in [-0.2, -0.15) is 0 Å². The second-order valence-corrected chi connectivity index (χ2v) is 10.4. The molecule has 4 N–H and O–H groups in total. The Balaban J connectivity index is 1.27. The third-order valence-corrected chi connectivity index (χ3v) is 7.55. The quantitative estimate of drug-likeness (QED) is 0.345. The van der Waals surface area contributed by atoms with Gasteiger partial charge < -0.3 is 30.3 Å². The normalized spacial score (nSPS) is 25.4. The Morgan fingerprint density at radius 2 is 1.67 bits per heavy atom. The zero-order valence-electron chi connectivity index (χ0n) is 22.2. The molecule has 0 bridgehead atoms. The van der Waals surface area contributed by atoms with Gasteiger partial charge >= 0.3 is 6.03 Å². The molecule has 0 spiro atoms. The number of urea groups is 1. The summed E-state index contributed by atoms with van der Waals surface area (Å²) in [6, 6.07) is 24.9. The molecular formula is C31H37N3O5. The topological polar surface area (TPSA) is 103 Å². The van der Waals surface area contributed by atoms with Crippen LogP contribution >= 0.6 is 0 Å². The van der Waals surface area contributed by atoms with E-state index in [1.807, 2.05) is 78.9 Å². The molecule has 2 heterocycles. The number of β-amino-alcohol motifs (C(OH)–C–C–N with tert-alkyl or cyclic N) is 1. The van der Waals surface area contributed by atoms with Crippen LogP contribution in [0.25, 0.3) is 0 Å². The average molecular weight is 532 g/mol. The number of aliphatic hydroxyl groups is 2. The van der Waals surface area contributed by atoms with Gasteiger partial charge in [0, 0.05) is 43.3 Å². The van der Waals surface area contributed by atoms with Gasteiger partial charge in [0.1, 0.15) is 0 Å². The first-order valence-corrected chi connectivity index (χ1v) is 13.6. The Hall–Kier alpha value is -3.27. The van der Waals surface area contributed by atoms with Crippen LogP contribution in [0.2, 0.25) is 0 Å². The largest absolute Gasteiger partial charge is 0.392 e. The van der Waals surface area contributed by atoms with E-state index in [2.05, 4.69) is 22.5 Å². The lowest BCUT2D eigenvalue weighted by Crippen LogP contribution is -2.44. The number of amides is 2. The lowest BCUT2D eigenvalue weighted by atomic mass is 9.90. The van der Waals surface area contributed by atoms with Crippen LogP contribution in [0.4, 0.5) is 10.5 Å². The van der Waals surface area contributed by atoms with E-state index in [4.69, 9.17) is 9.47 Å². The number of anilines is 1. The molecule has 2 saturated heterocycles. The number of ether oxygens (including phenoxy) is 2. The minimum Gasteiger partial charge on any atom is -0.392 e. The second kappa shape index (κ2) is 12.7. The van der Waals surface area contributed by atoms with Gasteiger partial charge in [-0.15, -0.1) is 0 Å². The van der Waals surface area contributed by atoms with Crippen LogP contribution < -0.4 is 10.6 Å². The first kappa shape index (κ1) is 27.3. The highest BCUT2D eigenvalue weighted by molar-refractivity contribution is 5.89. The fraction of sp³-hybridized carbons (Fsp3) is 0.387. The predicted molar refractivity (Wildman–Crippen MR) is 149 cm³/mol. The Morgan fingerprint density at radius 1 is 0.949 bits per heavy atom. The Morgan fingerprint density at radius 3 is 2.33 bits per heavy atom. The smallest absolute Gasteiger partial charge is 0.319 e. The number of carbonyl (C=O) groups is 1. The molecule has 8 nitrogen and oxygen atoms in total. The maximum atomic E-state index is 12.4. The predicted octanol–water partition coefficient (Wildman–Crippen LogP) is 4.36. The van der Waals surface area contributed by atoms with Gasteiger partial charge in [0.15, 0.2) is 6.29 Å². The molecule has 8 heteroatoms. The van der Waals surface area contributed by atoms with Gasteiger partial charge in [-0.25, -0.2) is 4.79 Å². The van der Waals surface area contributed by atoms with Crippen molar-refractivity contribution >= 4 is 11.7 Å². The molecular weight excluding hydrogens is 494 g/mol. The van der Waals surface area contributed by atoms with E-state index in [1.165, 1.54) is 0 Å². The molecule has 3 aromatic carbocycles. The summed E-state index contributed by atoms with van der Waals surface area (Å²) >= 11 is 0. The molecule has 5 unspecified atom stereocenters. The monoisotopic (exact) mass is 531 g/mol. The number of nitrogens with one attached hydrogen (secondary N) is 2. The highest BCUT2D eigenvalue weighted by Gasteiger charge is 2.39. The lowest BCUT2D eigenvalue weighted by molar-refractivity contribution is -0.276. The lowest BCUT2D eigenvalue weighted by Gasteiger charge is -2.42. The van der Waals surface area contributed by atoms with E-state index in [9.17, 15) is 15.0 Å². The summed E-state index contributed by atoms with van der Waals surface area (Å²) in [5, 5.41) is 25.2. The highest BCUT2D eigenvalue weighted by atomic mass is 16.7. The number of hydrogen-bond acceptors (Lipinski definition) is 6. The molecule has 206 valence electrons. The number of aliphatic hydroxyl groups excluding tert-OH is 2. The average Bonchev–Trinajstić information content (AvgIpc) is 3.38. The third-order valence-electron chi connectivity index (χ3n) is 7.55. The van der Waals surface area contributed by atoms with Crippen molar-refractivity contribution in [2.75, 3.05) is 25.0 Å². The summed E-state index contributed by atoms with van der Waals surface area (Å²) in [6.45, 7) is 4.80. The summed E-state index contributed by atoms with van der Waals surface area (Å²) in [6.07, 6.45) is -0.390. The van der Waals surface area contributed by atoms with Crippen molar-refractivity contribution in [3.63, 3.8) is 0 Å². The number of rotatable bonds is 8. The van der Waals surface area contributed by atoms with Gasteiger partial charge in [0.05, 0.1) is 24.9 Å². The van der Waals surface area contributed by atoms with Gasteiger partial charge in [0.2, 0.25) is 0 Å². The van der Waals surface area contributed by atoms with Crippen LogP contribution in [-0.2, 0) is 22.6 Å². The number of hydrogen-bond donors (Lipinski definition) is 4. The second-order valence-electron chi connectivity index (χ2n) is 10.4. The molecule has 2 fully saturated rings. The summed E-state index contributed by atoms with van der Waals surface area (Å²) in [5.74, 6) is 0.0771. The number of nitrogens with zero attached hydrogens (tertiary/aromatic N) is 1. The van der Waals surface area contributed by atoms with E-state index >= 15 is 0 Å². The molecule has 2 aliphatic heterocycles. The molecule has 0 aliphatic carbocycles. The number of benzene rings is 3. The fourth-order valence-electron chi connectivity index (χ4n) is 5.24. The first-order valence-electron chi connectivity index (χ1n) is 13.6. The van der Waals surface area contributed by atoms with Crippen LogP contribution in [0.1, 0.15) is 48.0 Å². The fourth-order valence-corrected chi connectivity index (χ4v) is 5.24. The maximum absolute atomic E-state index is 12.4. The van der Waals surface area contributed by atoms with E-state index < -0.39 is 6.29 Å². The molecule has 5 atom stereocenters. The standard InChI is InChI=1S/C31H37N3O5/c1-21-28(19-34-16-15-27(36)18-34)38-30(39-29(21)24-9-7-23(20-35)8-10-24)25-11-13-26(14-12-25)33-31(37)32-17-22-5-3-2-4-6-22/h2-14,21,27-30,35-36H,15-20H2,1H3,(H2,32,33,37). The van der Waals surface area contributed by atoms with E-state index in [-0.39, 0.29) is 36.9 Å². The van der Waals surface area contributed by atoms with Crippen molar-refractivity contribution in [1.29, 1.82) is 0 Å². The maximum Gasteiger partial charge on any atom is 0.319 e. The molecule has 0 aromatic heterocycles. The number of carbonyl (C=O) groups excluding carboxylic acids is 1. The van der Waals surface area contributed by atoms with Crippen molar-refractivity contribution in [3.05, 3.63) is 101 Å². The third kappa shape index (κ3) is 7.03. The van der Waals surface area contributed by atoms with Crippen LogP contribution in [0.3, 0.4) is 0 Å². The summed E-state index contributed by atoms with van der Waals surface area (Å²) in [5.41, 5.74) is 4.46. The molecule has 0 saturated carbocycles. The van der Waals surface area contributed by atoms with Gasteiger partial charge in [-0.3, -0.25) is 4.90 Å². The highest BCUT2D eigenvalue weighted by Crippen LogP contribution is 2.42. The number of likely N-dealkylation sites (tertiary alicyclic amines) is 1. The van der Waals surface area contributed by atoms with Crippen LogP contribution in [-0.4, -0.2) is 53.0 Å². The SMILES string of the molecule is CC1C(CN2CCC(O)C2)OC(c2ccc(NC(=O)NCc3ccccc3)cc2)OC1c1ccc(CO)cc1. The Labute approximate surface area is 229 Å². The molecule has 5 rings (SSSR count). The van der Waals surface area contributed by atoms with Gasteiger partial charge in [-0.05, 0) is 35.2 Å². The van der Waals surface area contributed by atoms with Crippen molar-refractivity contribution in [2.24, 2.45) is 5.92 Å². The van der Waals surface area contributed by atoms with Crippen LogP contribution in [0, 0.1) is 5.92 Å². The Kier molecular flexibility index (Phi) is 8.91. The summed E-state index contributed by atoms with van der Waals surface area (Å²) in [7, 11) is 0. The van der Waals surface area contributed by atoms with Crippen molar-refractivity contribution in [2.45, 2.75) is 51.1 Å². The Bertz CT molecular complexity index is 1210. The van der Waals surface area contributed by atoms with Gasteiger partial charge in [0.25, 0.3) is 0 Å². The van der Waals surface area contributed by atoms with E-state index in [0.29, 0.717) is 25.3 Å². The zero-order chi connectivity index (χ0) is 27.2. The van der Waals surface area contributed by atoms with Crippen molar-refractivity contribution < 1.29 is 24.5 Å². The minimum absolute atomic E-state index is 0.00231. The molecule has 0 radical (unpaired) electrons. The minimum atomic E-state index is -0.581. The molecule has 3 aromatic rings. The van der Waals surface area contributed by atoms with Crippen LogP contribution in [0.15, 0.2) is 78.9 Å². The summed E-state index contributed by atoms with van der Waals surface area (Å²) < 4.78 is 13.0. The van der Waals surface area contributed by atoms with Gasteiger partial charge in [-0.1, -0.05) is 73.7 Å². The van der Waals surface area contributed by atoms with E-state index in [1.54, 1.807) is 0 Å². The summed E-state index contributed by atoms with van der Waals surface area (Å²) in [4.78, 5) is 14.6. The van der Waals surface area contributed by atoms with Crippen molar-refractivity contribution in [3.8, 4) is 0 Å². The molecule has 2 aliphatic rings. The van der Waals surface area contributed by atoms with Crippen LogP contribution in [0.5, 0.6) is 0 Å². The molecule has 39 heavy (non-hydrogen) atoms. The first-order chi connectivity index (χ1) is 19.0. The molecule has 2 amide bonds. The zero-order valence-corrected chi connectivity index (χ0v) is 22.2. The van der Waals surface area contributed by atoms with E-state index in [0.717, 1.165) is 35.2 Å².